The van der Waals surface area contributed by atoms with Crippen LogP contribution < -0.4 is 0 Å². The van der Waals surface area contributed by atoms with Gasteiger partial charge in [0.25, 0.3) is 0 Å². The number of benzene rings is 4. The van der Waals surface area contributed by atoms with E-state index in [0.717, 1.165) is 0 Å². The predicted octanol–water partition coefficient (Wildman–Crippen LogP) is 7.39. The Morgan fingerprint density at radius 3 is 1.29 bits per heavy atom. The van der Waals surface area contributed by atoms with Gasteiger partial charge in [0.15, 0.2) is 0 Å². The van der Waals surface area contributed by atoms with Crippen molar-refractivity contribution >= 4 is 21.9 Å². The van der Waals surface area contributed by atoms with Gasteiger partial charge in [-0.3, -0.25) is 0 Å². The maximum absolute atomic E-state index is 2.29. The minimum absolute atomic E-state index is 1.32. The van der Waals surface area contributed by atoms with E-state index in [1.807, 2.05) is 0 Å². The molecule has 0 unspecified atom stereocenters. The van der Waals surface area contributed by atoms with Gasteiger partial charge in [-0.2, -0.15) is 0 Å². The second-order valence-corrected chi connectivity index (χ2v) is 7.95. The molecule has 0 spiro atoms. The molecule has 0 saturated carbocycles. The van der Waals surface area contributed by atoms with Crippen LogP contribution in [0.4, 0.5) is 0 Å². The van der Waals surface area contributed by atoms with Crippen LogP contribution in [0.3, 0.4) is 0 Å². The zero-order valence-corrected chi connectivity index (χ0v) is 16.9. The lowest BCUT2D eigenvalue weighted by molar-refractivity contribution is 1.30. The van der Waals surface area contributed by atoms with Gasteiger partial charge in [0.2, 0.25) is 0 Å². The SMILES string of the molecule is Cc1cccc(C2=C(c3cccc(C)c3C)c3cccc4cccc2c34)c1C. The molecule has 0 bridgehead atoms. The second kappa shape index (κ2) is 6.21. The third kappa shape index (κ3) is 2.31. The van der Waals surface area contributed by atoms with Crippen LogP contribution in [0.25, 0.3) is 21.9 Å². The molecular formula is C28H24. The zero-order valence-electron chi connectivity index (χ0n) is 16.9. The van der Waals surface area contributed by atoms with Gasteiger partial charge in [-0.15, -0.1) is 0 Å². The molecule has 0 nitrogen and oxygen atoms in total. The van der Waals surface area contributed by atoms with Crippen LogP contribution in [-0.4, -0.2) is 0 Å². The van der Waals surface area contributed by atoms with E-state index in [1.165, 1.54) is 66.4 Å². The topological polar surface area (TPSA) is 0 Å². The average molecular weight is 361 g/mol. The molecule has 5 rings (SSSR count). The van der Waals surface area contributed by atoms with Crippen LogP contribution in [0.15, 0.2) is 72.8 Å². The van der Waals surface area contributed by atoms with Crippen LogP contribution >= 0.6 is 0 Å². The highest BCUT2D eigenvalue weighted by molar-refractivity contribution is 6.21. The molecule has 4 aromatic rings. The molecule has 0 heterocycles. The standard InChI is InChI=1S/C28H24/c1-17-9-5-13-22(19(17)3)27-24-15-7-11-21-12-8-16-25(26(21)24)28(27)23-14-6-10-18(2)20(23)4/h5-16H,1-4H3. The Labute approximate surface area is 167 Å². The Bertz CT molecular complexity index is 1190. The third-order valence-corrected chi connectivity index (χ3v) is 6.44. The predicted molar refractivity (Wildman–Crippen MR) is 121 cm³/mol. The normalized spacial score (nSPS) is 12.9. The molecule has 1 aliphatic rings. The fraction of sp³-hybridized carbons (Fsp3) is 0.143. The van der Waals surface area contributed by atoms with Crippen molar-refractivity contribution in [2.24, 2.45) is 0 Å². The second-order valence-electron chi connectivity index (χ2n) is 7.95. The summed E-state index contributed by atoms with van der Waals surface area (Å²) in [6.45, 7) is 8.92. The highest BCUT2D eigenvalue weighted by Gasteiger charge is 2.27. The molecule has 0 aromatic heterocycles. The molecule has 0 atom stereocenters. The molecule has 1 aliphatic carbocycles. The van der Waals surface area contributed by atoms with Gasteiger partial charge < -0.3 is 0 Å². The highest BCUT2D eigenvalue weighted by Crippen LogP contribution is 2.49. The number of hydrogen-bond acceptors (Lipinski definition) is 0. The molecule has 28 heavy (non-hydrogen) atoms. The Balaban J connectivity index is 1.97. The van der Waals surface area contributed by atoms with E-state index in [0.29, 0.717) is 0 Å². The summed E-state index contributed by atoms with van der Waals surface area (Å²) in [6, 6.07) is 26.8. The van der Waals surface area contributed by atoms with Crippen LogP contribution in [0.1, 0.15) is 44.5 Å². The molecule has 0 radical (unpaired) electrons. The first-order chi connectivity index (χ1) is 13.6. The van der Waals surface area contributed by atoms with Crippen molar-refractivity contribution in [2.75, 3.05) is 0 Å². The van der Waals surface area contributed by atoms with Crippen molar-refractivity contribution in [1.29, 1.82) is 0 Å². The lowest BCUT2D eigenvalue weighted by Gasteiger charge is -2.17. The van der Waals surface area contributed by atoms with Gasteiger partial charge >= 0.3 is 0 Å². The summed E-state index contributed by atoms with van der Waals surface area (Å²) < 4.78 is 0. The smallest absolute Gasteiger partial charge is 0.00173 e. The number of aryl methyl sites for hydroxylation is 2. The summed E-state index contributed by atoms with van der Waals surface area (Å²) in [6.07, 6.45) is 0. The molecule has 0 N–H and O–H groups in total. The van der Waals surface area contributed by atoms with E-state index in [2.05, 4.69) is 100 Å². The van der Waals surface area contributed by atoms with Crippen LogP contribution in [0.5, 0.6) is 0 Å². The molecule has 0 amide bonds. The summed E-state index contributed by atoms with van der Waals surface area (Å²) in [7, 11) is 0. The number of rotatable bonds is 2. The van der Waals surface area contributed by atoms with Crippen molar-refractivity contribution in [3.05, 3.63) is 117 Å². The summed E-state index contributed by atoms with van der Waals surface area (Å²) in [5.41, 5.74) is 13.6. The van der Waals surface area contributed by atoms with E-state index in [9.17, 15) is 0 Å². The molecule has 4 aromatic carbocycles. The molecule has 0 saturated heterocycles. The van der Waals surface area contributed by atoms with Gasteiger partial charge in [0.1, 0.15) is 0 Å². The minimum Gasteiger partial charge on any atom is -0.0614 e. The maximum atomic E-state index is 2.29. The van der Waals surface area contributed by atoms with E-state index >= 15 is 0 Å². The summed E-state index contributed by atoms with van der Waals surface area (Å²) in [5, 5.41) is 2.70. The van der Waals surface area contributed by atoms with Crippen molar-refractivity contribution in [2.45, 2.75) is 27.7 Å². The fourth-order valence-electron chi connectivity index (χ4n) is 4.63. The summed E-state index contributed by atoms with van der Waals surface area (Å²) in [4.78, 5) is 0. The lowest BCUT2D eigenvalue weighted by atomic mass is 9.87. The van der Waals surface area contributed by atoms with Gasteiger partial charge in [0.05, 0.1) is 0 Å². The van der Waals surface area contributed by atoms with Gasteiger partial charge in [0, 0.05) is 0 Å². The highest BCUT2D eigenvalue weighted by atomic mass is 14.3. The molecule has 0 aliphatic heterocycles. The monoisotopic (exact) mass is 360 g/mol. The fourth-order valence-corrected chi connectivity index (χ4v) is 4.63. The van der Waals surface area contributed by atoms with Crippen molar-refractivity contribution < 1.29 is 0 Å². The van der Waals surface area contributed by atoms with Gasteiger partial charge in [-0.25, -0.2) is 0 Å². The molecule has 0 heteroatoms. The van der Waals surface area contributed by atoms with Crippen molar-refractivity contribution in [3.8, 4) is 0 Å². The van der Waals surface area contributed by atoms with Gasteiger partial charge in [-0.1, -0.05) is 72.8 Å². The zero-order chi connectivity index (χ0) is 19.4. The van der Waals surface area contributed by atoms with Crippen LogP contribution in [0, 0.1) is 27.7 Å². The van der Waals surface area contributed by atoms with Crippen molar-refractivity contribution in [3.63, 3.8) is 0 Å². The summed E-state index contributed by atoms with van der Waals surface area (Å²) >= 11 is 0. The lowest BCUT2D eigenvalue weighted by Crippen LogP contribution is -1.97. The molecule has 0 fully saturated rings. The Hall–Kier alpha value is -3.12. The van der Waals surface area contributed by atoms with E-state index in [4.69, 9.17) is 0 Å². The van der Waals surface area contributed by atoms with Crippen molar-refractivity contribution in [1.82, 2.24) is 0 Å². The average Bonchev–Trinajstić information content (AvgIpc) is 3.03. The first-order valence-corrected chi connectivity index (χ1v) is 9.98. The summed E-state index contributed by atoms with van der Waals surface area (Å²) in [5.74, 6) is 0. The Morgan fingerprint density at radius 1 is 0.429 bits per heavy atom. The van der Waals surface area contributed by atoms with E-state index < -0.39 is 0 Å². The first kappa shape index (κ1) is 17.0. The van der Waals surface area contributed by atoms with Gasteiger partial charge in [-0.05, 0) is 94.1 Å². The molecular weight excluding hydrogens is 336 g/mol. The quantitative estimate of drug-likeness (QED) is 0.308. The Morgan fingerprint density at radius 2 is 0.821 bits per heavy atom. The first-order valence-electron chi connectivity index (χ1n) is 9.98. The van der Waals surface area contributed by atoms with Crippen LogP contribution in [0.2, 0.25) is 0 Å². The largest absolute Gasteiger partial charge is 0.0614 e. The van der Waals surface area contributed by atoms with Crippen LogP contribution in [-0.2, 0) is 0 Å². The third-order valence-electron chi connectivity index (χ3n) is 6.44. The van der Waals surface area contributed by atoms with E-state index in [-0.39, 0.29) is 0 Å². The minimum atomic E-state index is 1.32. The number of hydrogen-bond donors (Lipinski definition) is 0. The Kier molecular flexibility index (Phi) is 3.77. The maximum Gasteiger partial charge on any atom is -0.00173 e. The van der Waals surface area contributed by atoms with E-state index in [1.54, 1.807) is 0 Å². The molecule has 136 valence electrons.